The third-order valence-electron chi connectivity index (χ3n) is 3.35. The molecule has 3 rings (SSSR count). The number of hydrogen-bond donors (Lipinski definition) is 2. The van der Waals surface area contributed by atoms with Crippen LogP contribution in [-0.2, 0) is 4.79 Å². The van der Waals surface area contributed by atoms with E-state index in [0.717, 1.165) is 22.9 Å². The lowest BCUT2D eigenvalue weighted by atomic mass is 10.2. The lowest BCUT2D eigenvalue weighted by molar-refractivity contribution is -0.120. The van der Waals surface area contributed by atoms with Gasteiger partial charge >= 0.3 is 0 Å². The number of nitrogens with zero attached hydrogens (tertiary/aromatic N) is 3. The molecule has 1 saturated carbocycles. The Hall–Kier alpha value is -1.54. The van der Waals surface area contributed by atoms with Gasteiger partial charge in [0.25, 0.3) is 0 Å². The summed E-state index contributed by atoms with van der Waals surface area (Å²) in [5.41, 5.74) is 0.861. The van der Waals surface area contributed by atoms with Crippen molar-refractivity contribution in [1.82, 2.24) is 20.2 Å². The third kappa shape index (κ3) is 3.27. The molecule has 0 unspecified atom stereocenters. The summed E-state index contributed by atoms with van der Waals surface area (Å²) in [6.45, 7) is 1.84. The van der Waals surface area contributed by atoms with E-state index < -0.39 is 0 Å². The molecule has 1 aromatic heterocycles. The molecule has 1 atom stereocenters. The summed E-state index contributed by atoms with van der Waals surface area (Å²) in [6, 6.07) is 8.01. The molecule has 1 aliphatic rings. The van der Waals surface area contributed by atoms with E-state index in [2.05, 4.69) is 31.4 Å². The van der Waals surface area contributed by atoms with Crippen LogP contribution in [0.4, 0.5) is 0 Å². The minimum absolute atomic E-state index is 0.0120. The summed E-state index contributed by atoms with van der Waals surface area (Å²) in [4.78, 5) is 12.0. The lowest BCUT2D eigenvalue weighted by Gasteiger charge is -2.11. The van der Waals surface area contributed by atoms with Crippen LogP contribution in [-0.4, -0.2) is 32.1 Å². The fraction of sp³-hybridized carbons (Fsp3) is 0.357. The van der Waals surface area contributed by atoms with Gasteiger partial charge in [-0.1, -0.05) is 39.8 Å². The van der Waals surface area contributed by atoms with Crippen LogP contribution in [0, 0.1) is 0 Å². The fourth-order valence-electron chi connectivity index (χ4n) is 1.94. The Morgan fingerprint density at radius 1 is 1.45 bits per heavy atom. The zero-order valence-corrected chi connectivity index (χ0v) is 14.4. The summed E-state index contributed by atoms with van der Waals surface area (Å²) >= 11 is 4.78. The second kappa shape index (κ2) is 6.29. The molecule has 1 amide bonds. The molecule has 3 N–H and O–H groups in total. The van der Waals surface area contributed by atoms with Gasteiger partial charge in [-0.2, -0.15) is 0 Å². The van der Waals surface area contributed by atoms with Crippen LogP contribution in [0.1, 0.15) is 19.8 Å². The second-order valence-corrected chi connectivity index (χ2v) is 7.36. The second-order valence-electron chi connectivity index (χ2n) is 5.20. The molecule has 0 radical (unpaired) electrons. The van der Waals surface area contributed by atoms with Crippen LogP contribution in [0.3, 0.4) is 0 Å². The Morgan fingerprint density at radius 2 is 2.18 bits per heavy atom. The Bertz CT molecular complexity index is 700. The van der Waals surface area contributed by atoms with Crippen molar-refractivity contribution in [2.75, 3.05) is 5.84 Å². The molecule has 2 aromatic rings. The normalized spacial score (nSPS) is 15.5. The molecule has 0 aliphatic heterocycles. The fourth-order valence-corrected chi connectivity index (χ4v) is 3.18. The van der Waals surface area contributed by atoms with Crippen molar-refractivity contribution < 1.29 is 4.79 Å². The molecular weight excluding hydrogens is 366 g/mol. The molecule has 1 aromatic carbocycles. The predicted octanol–water partition coefficient (Wildman–Crippen LogP) is 2.18. The van der Waals surface area contributed by atoms with Gasteiger partial charge in [0.2, 0.25) is 11.1 Å². The number of nitrogens with one attached hydrogen (secondary N) is 1. The highest BCUT2D eigenvalue weighted by Crippen LogP contribution is 2.29. The number of hydrogen-bond acceptors (Lipinski definition) is 5. The van der Waals surface area contributed by atoms with Crippen LogP contribution >= 0.6 is 27.7 Å². The largest absolute Gasteiger partial charge is 0.352 e. The number of amides is 1. The molecule has 8 heteroatoms. The van der Waals surface area contributed by atoms with Crippen LogP contribution in [0.25, 0.3) is 11.4 Å². The van der Waals surface area contributed by atoms with Gasteiger partial charge in [0.1, 0.15) is 0 Å². The Labute approximate surface area is 141 Å². The molecule has 1 heterocycles. The van der Waals surface area contributed by atoms with E-state index in [9.17, 15) is 4.79 Å². The molecule has 1 aliphatic carbocycles. The maximum Gasteiger partial charge on any atom is 0.233 e. The van der Waals surface area contributed by atoms with E-state index in [-0.39, 0.29) is 11.2 Å². The van der Waals surface area contributed by atoms with Crippen molar-refractivity contribution in [2.45, 2.75) is 36.2 Å². The molecule has 0 saturated heterocycles. The number of rotatable bonds is 5. The number of carbonyl (C=O) groups is 1. The first-order valence-electron chi connectivity index (χ1n) is 6.98. The Balaban J connectivity index is 1.75. The zero-order chi connectivity index (χ0) is 15.7. The van der Waals surface area contributed by atoms with Crippen molar-refractivity contribution in [2.24, 2.45) is 0 Å². The first-order chi connectivity index (χ1) is 10.6. The summed E-state index contributed by atoms with van der Waals surface area (Å²) < 4.78 is 2.32. The van der Waals surface area contributed by atoms with E-state index in [4.69, 9.17) is 5.84 Å². The van der Waals surface area contributed by atoms with Gasteiger partial charge in [-0.25, -0.2) is 4.68 Å². The van der Waals surface area contributed by atoms with Gasteiger partial charge in [-0.05, 0) is 31.9 Å². The number of nitrogen functional groups attached to an aromatic ring is 1. The minimum Gasteiger partial charge on any atom is -0.352 e. The highest BCUT2D eigenvalue weighted by molar-refractivity contribution is 9.10. The van der Waals surface area contributed by atoms with Crippen molar-refractivity contribution in [3.8, 4) is 11.4 Å². The van der Waals surface area contributed by atoms with Gasteiger partial charge in [0, 0.05) is 16.1 Å². The van der Waals surface area contributed by atoms with Crippen molar-refractivity contribution in [1.29, 1.82) is 0 Å². The zero-order valence-electron chi connectivity index (χ0n) is 12.0. The van der Waals surface area contributed by atoms with Gasteiger partial charge in [0.05, 0.1) is 5.25 Å². The van der Waals surface area contributed by atoms with E-state index in [1.807, 2.05) is 31.2 Å². The quantitative estimate of drug-likeness (QED) is 0.612. The number of aromatic nitrogens is 3. The summed E-state index contributed by atoms with van der Waals surface area (Å²) in [6.07, 6.45) is 2.14. The lowest BCUT2D eigenvalue weighted by Crippen LogP contribution is -2.32. The van der Waals surface area contributed by atoms with E-state index >= 15 is 0 Å². The van der Waals surface area contributed by atoms with Crippen molar-refractivity contribution in [3.05, 3.63) is 28.7 Å². The summed E-state index contributed by atoms with van der Waals surface area (Å²) in [7, 11) is 0. The standard InChI is InChI=1S/C14H16BrN5OS/c1-8(13(21)17-9-6-7-9)22-14-19-18-12(20(14)16)10-4-2-3-5-11(10)15/h2-5,8-9H,6-7,16H2,1H3,(H,17,21)/t8-/m1/s1. The molecular formula is C14H16BrN5OS. The SMILES string of the molecule is C[C@@H](Sc1nnc(-c2ccccc2Br)n1N)C(=O)NC1CC1. The Kier molecular flexibility index (Phi) is 4.39. The number of carbonyl (C=O) groups excluding carboxylic acids is 1. The molecule has 22 heavy (non-hydrogen) atoms. The predicted molar refractivity (Wildman–Crippen MR) is 89.8 cm³/mol. The van der Waals surface area contributed by atoms with Crippen molar-refractivity contribution >= 4 is 33.6 Å². The number of benzene rings is 1. The smallest absolute Gasteiger partial charge is 0.233 e. The van der Waals surface area contributed by atoms with E-state index in [0.29, 0.717) is 17.0 Å². The van der Waals surface area contributed by atoms with Gasteiger partial charge < -0.3 is 11.2 Å². The van der Waals surface area contributed by atoms with Crippen LogP contribution in [0.2, 0.25) is 0 Å². The molecule has 0 bridgehead atoms. The van der Waals surface area contributed by atoms with Crippen LogP contribution in [0.15, 0.2) is 33.9 Å². The minimum atomic E-state index is -0.265. The van der Waals surface area contributed by atoms with E-state index in [1.165, 1.54) is 16.4 Å². The van der Waals surface area contributed by atoms with Gasteiger partial charge in [0.15, 0.2) is 5.82 Å². The molecule has 0 spiro atoms. The topological polar surface area (TPSA) is 85.8 Å². The van der Waals surface area contributed by atoms with Crippen molar-refractivity contribution in [3.63, 3.8) is 0 Å². The van der Waals surface area contributed by atoms with Crippen LogP contribution in [0.5, 0.6) is 0 Å². The first-order valence-corrected chi connectivity index (χ1v) is 8.66. The third-order valence-corrected chi connectivity index (χ3v) is 5.10. The summed E-state index contributed by atoms with van der Waals surface area (Å²) in [5.74, 6) is 6.66. The maximum absolute atomic E-state index is 12.0. The highest BCUT2D eigenvalue weighted by atomic mass is 79.9. The molecule has 6 nitrogen and oxygen atoms in total. The number of halogens is 1. The number of nitrogens with two attached hydrogens (primary N) is 1. The average molecular weight is 382 g/mol. The highest BCUT2D eigenvalue weighted by Gasteiger charge is 2.27. The van der Waals surface area contributed by atoms with Gasteiger partial charge in [-0.3, -0.25) is 4.79 Å². The first kappa shape index (κ1) is 15.4. The van der Waals surface area contributed by atoms with Gasteiger partial charge in [-0.15, -0.1) is 10.2 Å². The molecule has 116 valence electrons. The average Bonchev–Trinajstić information content (AvgIpc) is 3.24. The monoisotopic (exact) mass is 381 g/mol. The van der Waals surface area contributed by atoms with Crippen LogP contribution < -0.4 is 11.2 Å². The van der Waals surface area contributed by atoms with E-state index in [1.54, 1.807) is 0 Å². The summed E-state index contributed by atoms with van der Waals surface area (Å²) in [5, 5.41) is 11.5. The number of thioether (sulfide) groups is 1. The maximum atomic E-state index is 12.0. The molecule has 1 fully saturated rings. The Morgan fingerprint density at radius 3 is 2.86 bits per heavy atom.